The molecule has 7 heteroatoms. The number of anilines is 1. The smallest absolute Gasteiger partial charge is 0.243 e. The second-order valence-electron chi connectivity index (χ2n) is 9.86. The maximum Gasteiger partial charge on any atom is 0.243 e. The Hall–Kier alpha value is -2.44. The van der Waals surface area contributed by atoms with Crippen molar-refractivity contribution in [3.8, 4) is 0 Å². The zero-order valence-corrected chi connectivity index (χ0v) is 17.3. The van der Waals surface area contributed by atoms with Gasteiger partial charge in [0.2, 0.25) is 17.7 Å². The zero-order chi connectivity index (χ0) is 20.7. The summed E-state index contributed by atoms with van der Waals surface area (Å²) in [5.74, 6) is 1.79. The molecule has 5 aliphatic rings. The third-order valence-corrected chi connectivity index (χ3v) is 7.68. The number of rotatable bonds is 5. The number of hydrogen-bond donors (Lipinski definition) is 2. The molecule has 160 valence electrons. The van der Waals surface area contributed by atoms with Gasteiger partial charge in [-0.05, 0) is 81.3 Å². The van der Waals surface area contributed by atoms with Crippen LogP contribution in [-0.4, -0.2) is 46.7 Å². The van der Waals surface area contributed by atoms with E-state index in [2.05, 4.69) is 15.6 Å². The molecular formula is C23H30N4O3. The topological polar surface area (TPSA) is 91.4 Å². The number of hydrogen-bond acceptors (Lipinski definition) is 4. The van der Waals surface area contributed by atoms with Gasteiger partial charge >= 0.3 is 0 Å². The Bertz CT molecular complexity index is 805. The highest BCUT2D eigenvalue weighted by atomic mass is 16.2. The van der Waals surface area contributed by atoms with Crippen LogP contribution in [0.3, 0.4) is 0 Å². The summed E-state index contributed by atoms with van der Waals surface area (Å²) in [5.41, 5.74) is 0.367. The molecule has 0 radical (unpaired) electrons. The number of nitrogens with one attached hydrogen (secondary N) is 2. The Balaban J connectivity index is 1.20. The Morgan fingerprint density at radius 3 is 2.43 bits per heavy atom. The molecule has 0 spiro atoms. The minimum Gasteiger partial charge on any atom is -0.345 e. The SMILES string of the molecule is O=C(CNC(=O)C1CCCN1C(=O)C12CC3CC(CC(C3)C1)C2)Nc1cccnc1. The zero-order valence-electron chi connectivity index (χ0n) is 17.3. The second kappa shape index (κ2) is 7.67. The first kappa shape index (κ1) is 19.5. The van der Waals surface area contributed by atoms with E-state index in [1.54, 1.807) is 24.5 Å². The third kappa shape index (κ3) is 3.59. The van der Waals surface area contributed by atoms with Crippen molar-refractivity contribution < 1.29 is 14.4 Å². The van der Waals surface area contributed by atoms with Crippen LogP contribution in [0.2, 0.25) is 0 Å². The van der Waals surface area contributed by atoms with Crippen LogP contribution in [0.5, 0.6) is 0 Å². The molecule has 1 aromatic heterocycles. The molecule has 4 aliphatic carbocycles. The molecule has 7 nitrogen and oxygen atoms in total. The molecule has 30 heavy (non-hydrogen) atoms. The Kier molecular flexibility index (Phi) is 4.99. The van der Waals surface area contributed by atoms with Crippen LogP contribution in [0.4, 0.5) is 5.69 Å². The summed E-state index contributed by atoms with van der Waals surface area (Å²) in [6.07, 6.45) is 11.6. The minimum atomic E-state index is -0.448. The van der Waals surface area contributed by atoms with Crippen molar-refractivity contribution in [3.05, 3.63) is 24.5 Å². The van der Waals surface area contributed by atoms with E-state index in [9.17, 15) is 14.4 Å². The number of pyridine rings is 1. The molecule has 1 atom stereocenters. The summed E-state index contributed by atoms with van der Waals surface area (Å²) >= 11 is 0. The van der Waals surface area contributed by atoms with Gasteiger partial charge in [-0.25, -0.2) is 0 Å². The number of amides is 3. The number of carbonyl (C=O) groups excluding carboxylic acids is 3. The van der Waals surface area contributed by atoms with Crippen LogP contribution in [0.15, 0.2) is 24.5 Å². The number of likely N-dealkylation sites (tertiary alicyclic amines) is 1. The van der Waals surface area contributed by atoms with E-state index >= 15 is 0 Å². The predicted molar refractivity (Wildman–Crippen MR) is 111 cm³/mol. The van der Waals surface area contributed by atoms with E-state index in [0.29, 0.717) is 36.4 Å². The Labute approximate surface area is 177 Å². The van der Waals surface area contributed by atoms with Gasteiger partial charge in [0.1, 0.15) is 6.04 Å². The van der Waals surface area contributed by atoms with Gasteiger partial charge in [0.25, 0.3) is 0 Å². The third-order valence-electron chi connectivity index (χ3n) is 7.68. The van der Waals surface area contributed by atoms with Gasteiger partial charge in [0.15, 0.2) is 0 Å². The van der Waals surface area contributed by atoms with E-state index in [-0.39, 0.29) is 29.7 Å². The van der Waals surface area contributed by atoms with Crippen molar-refractivity contribution in [2.24, 2.45) is 23.2 Å². The summed E-state index contributed by atoms with van der Waals surface area (Å²) in [6.45, 7) is 0.546. The van der Waals surface area contributed by atoms with Crippen molar-refractivity contribution in [1.29, 1.82) is 0 Å². The summed E-state index contributed by atoms with van der Waals surface area (Å²) in [5, 5.41) is 5.45. The standard InChI is InChI=1S/C23H30N4O3/c28-20(26-18-3-1-5-24-13-18)14-25-21(29)19-4-2-6-27(19)22(30)23-10-15-7-16(11-23)9-17(8-15)12-23/h1,3,5,13,15-17,19H,2,4,6-12,14H2,(H,25,29)(H,26,28). The van der Waals surface area contributed by atoms with Crippen LogP contribution < -0.4 is 10.6 Å². The fraction of sp³-hybridized carbons (Fsp3) is 0.652. The largest absolute Gasteiger partial charge is 0.345 e. The van der Waals surface area contributed by atoms with Crippen molar-refractivity contribution >= 4 is 23.4 Å². The van der Waals surface area contributed by atoms with Crippen molar-refractivity contribution in [1.82, 2.24) is 15.2 Å². The molecule has 1 unspecified atom stereocenters. The van der Waals surface area contributed by atoms with Crippen molar-refractivity contribution in [3.63, 3.8) is 0 Å². The molecule has 1 aliphatic heterocycles. The molecule has 0 aromatic carbocycles. The molecule has 1 saturated heterocycles. The lowest BCUT2D eigenvalue weighted by atomic mass is 9.49. The molecule has 5 fully saturated rings. The normalized spacial score (nSPS) is 34.1. The molecule has 2 N–H and O–H groups in total. The van der Waals surface area contributed by atoms with Gasteiger partial charge in [0.05, 0.1) is 23.8 Å². The van der Waals surface area contributed by atoms with Gasteiger partial charge in [-0.2, -0.15) is 0 Å². The number of nitrogens with zero attached hydrogens (tertiary/aromatic N) is 2. The first-order chi connectivity index (χ1) is 14.5. The average Bonchev–Trinajstić information content (AvgIpc) is 3.21. The maximum atomic E-state index is 13.7. The lowest BCUT2D eigenvalue weighted by molar-refractivity contribution is -0.160. The number of carbonyl (C=O) groups is 3. The van der Waals surface area contributed by atoms with E-state index in [4.69, 9.17) is 0 Å². The van der Waals surface area contributed by atoms with Crippen LogP contribution in [0, 0.1) is 23.2 Å². The lowest BCUT2D eigenvalue weighted by Crippen LogP contribution is -2.57. The van der Waals surface area contributed by atoms with Gasteiger partial charge in [-0.15, -0.1) is 0 Å². The van der Waals surface area contributed by atoms with Gasteiger partial charge in [0, 0.05) is 12.7 Å². The highest BCUT2D eigenvalue weighted by molar-refractivity contribution is 5.96. The number of aromatic nitrogens is 1. The van der Waals surface area contributed by atoms with Gasteiger partial charge < -0.3 is 15.5 Å². The highest BCUT2D eigenvalue weighted by Gasteiger charge is 2.56. The summed E-state index contributed by atoms with van der Waals surface area (Å²) in [4.78, 5) is 44.4. The van der Waals surface area contributed by atoms with Crippen LogP contribution in [-0.2, 0) is 14.4 Å². The maximum absolute atomic E-state index is 13.7. The quantitative estimate of drug-likeness (QED) is 0.779. The fourth-order valence-corrected chi connectivity index (χ4v) is 6.89. The lowest BCUT2D eigenvalue weighted by Gasteiger charge is -2.56. The van der Waals surface area contributed by atoms with Gasteiger partial charge in [-0.3, -0.25) is 19.4 Å². The van der Waals surface area contributed by atoms with Crippen LogP contribution in [0.25, 0.3) is 0 Å². The molecule has 3 amide bonds. The van der Waals surface area contributed by atoms with E-state index in [0.717, 1.165) is 25.7 Å². The second-order valence-corrected chi connectivity index (χ2v) is 9.86. The summed E-state index contributed by atoms with van der Waals surface area (Å²) < 4.78 is 0. The molecule has 2 heterocycles. The van der Waals surface area contributed by atoms with E-state index in [1.165, 1.54) is 19.3 Å². The average molecular weight is 411 g/mol. The molecule has 1 aromatic rings. The van der Waals surface area contributed by atoms with Gasteiger partial charge in [-0.1, -0.05) is 0 Å². The van der Waals surface area contributed by atoms with E-state index in [1.807, 2.05) is 4.90 Å². The highest BCUT2D eigenvalue weighted by Crippen LogP contribution is 2.60. The minimum absolute atomic E-state index is 0.108. The predicted octanol–water partition coefficient (Wildman–Crippen LogP) is 2.34. The summed E-state index contributed by atoms with van der Waals surface area (Å²) in [6, 6.07) is 3.03. The Morgan fingerprint density at radius 1 is 1.10 bits per heavy atom. The molecule has 6 rings (SSSR count). The van der Waals surface area contributed by atoms with Crippen molar-refractivity contribution in [2.75, 3.05) is 18.4 Å². The van der Waals surface area contributed by atoms with Crippen LogP contribution in [0.1, 0.15) is 51.4 Å². The first-order valence-electron chi connectivity index (χ1n) is 11.3. The Morgan fingerprint density at radius 2 is 1.80 bits per heavy atom. The molecular weight excluding hydrogens is 380 g/mol. The van der Waals surface area contributed by atoms with Crippen molar-refractivity contribution in [2.45, 2.75) is 57.4 Å². The monoisotopic (exact) mass is 410 g/mol. The fourth-order valence-electron chi connectivity index (χ4n) is 6.89. The molecule has 4 bridgehead atoms. The first-order valence-corrected chi connectivity index (χ1v) is 11.3. The van der Waals surface area contributed by atoms with Crippen LogP contribution >= 0.6 is 0 Å². The summed E-state index contributed by atoms with van der Waals surface area (Å²) in [7, 11) is 0. The van der Waals surface area contributed by atoms with E-state index < -0.39 is 6.04 Å². The molecule has 4 saturated carbocycles.